The van der Waals surface area contributed by atoms with Gasteiger partial charge in [-0.05, 0) is 30.9 Å². The van der Waals surface area contributed by atoms with Gasteiger partial charge >= 0.3 is 0 Å². The van der Waals surface area contributed by atoms with E-state index < -0.39 is 0 Å². The Kier molecular flexibility index (Phi) is 5.31. The summed E-state index contributed by atoms with van der Waals surface area (Å²) in [6.45, 7) is 4.20. The van der Waals surface area contributed by atoms with Crippen LogP contribution >= 0.6 is 0 Å². The van der Waals surface area contributed by atoms with Gasteiger partial charge < -0.3 is 10.6 Å². The monoisotopic (exact) mass is 247 g/mol. The van der Waals surface area contributed by atoms with Crippen LogP contribution in [-0.2, 0) is 0 Å². The van der Waals surface area contributed by atoms with Gasteiger partial charge in [0.1, 0.15) is 11.6 Å². The molecule has 1 aliphatic carbocycles. The van der Waals surface area contributed by atoms with Crippen LogP contribution in [0.15, 0.2) is 18.2 Å². The molecule has 0 spiro atoms. The van der Waals surface area contributed by atoms with Gasteiger partial charge in [0.05, 0.1) is 0 Å². The summed E-state index contributed by atoms with van der Waals surface area (Å²) in [5.74, 6) is 2.91. The first-order chi connectivity index (χ1) is 8.88. The fourth-order valence-electron chi connectivity index (χ4n) is 2.59. The van der Waals surface area contributed by atoms with Gasteiger partial charge in [0, 0.05) is 13.1 Å². The Bertz CT molecular complexity index is 345. The Morgan fingerprint density at radius 2 is 1.78 bits per heavy atom. The number of hydrogen-bond acceptors (Lipinski definition) is 3. The van der Waals surface area contributed by atoms with Crippen molar-refractivity contribution in [3.05, 3.63) is 18.2 Å². The summed E-state index contributed by atoms with van der Waals surface area (Å²) in [6, 6.07) is 6.13. The summed E-state index contributed by atoms with van der Waals surface area (Å²) in [7, 11) is 0. The molecule has 0 saturated heterocycles. The van der Waals surface area contributed by atoms with Crippen LogP contribution in [0.1, 0.15) is 45.4 Å². The Balaban J connectivity index is 1.74. The van der Waals surface area contributed by atoms with E-state index in [0.717, 1.165) is 37.1 Å². The van der Waals surface area contributed by atoms with Gasteiger partial charge in [-0.2, -0.15) is 0 Å². The number of nitrogens with one attached hydrogen (secondary N) is 2. The standard InChI is InChI=1S/C15H25N3/c1-2-11-16-14-8-5-9-15(18-14)17-12-10-13-6-3-4-7-13/h5,8-9,13H,2-4,6-7,10-12H2,1H3,(H2,16,17,18). The highest BCUT2D eigenvalue weighted by atomic mass is 15.1. The maximum atomic E-state index is 4.55. The van der Waals surface area contributed by atoms with Gasteiger partial charge in [-0.1, -0.05) is 38.7 Å². The number of rotatable bonds is 7. The van der Waals surface area contributed by atoms with Gasteiger partial charge in [-0.15, -0.1) is 0 Å². The molecule has 1 aromatic rings. The van der Waals surface area contributed by atoms with E-state index in [1.54, 1.807) is 0 Å². The highest BCUT2D eigenvalue weighted by Crippen LogP contribution is 2.27. The van der Waals surface area contributed by atoms with Crippen LogP contribution in [0.3, 0.4) is 0 Å². The third-order valence-electron chi connectivity index (χ3n) is 3.64. The van der Waals surface area contributed by atoms with Crippen LogP contribution in [0.5, 0.6) is 0 Å². The summed E-state index contributed by atoms with van der Waals surface area (Å²) in [4.78, 5) is 4.55. The lowest BCUT2D eigenvalue weighted by molar-refractivity contribution is 0.518. The molecule has 1 heterocycles. The first-order valence-electron chi connectivity index (χ1n) is 7.33. The number of nitrogens with zero attached hydrogens (tertiary/aromatic N) is 1. The highest BCUT2D eigenvalue weighted by Gasteiger charge is 2.13. The molecule has 0 bridgehead atoms. The van der Waals surface area contributed by atoms with Gasteiger partial charge in [-0.3, -0.25) is 0 Å². The Morgan fingerprint density at radius 1 is 1.11 bits per heavy atom. The topological polar surface area (TPSA) is 37.0 Å². The van der Waals surface area contributed by atoms with Crippen molar-refractivity contribution in [3.63, 3.8) is 0 Å². The fourth-order valence-corrected chi connectivity index (χ4v) is 2.59. The minimum atomic E-state index is 0.943. The SMILES string of the molecule is CCCNc1cccc(NCCC2CCCC2)n1. The second-order valence-corrected chi connectivity index (χ2v) is 5.20. The first kappa shape index (κ1) is 13.2. The van der Waals surface area contributed by atoms with E-state index in [4.69, 9.17) is 0 Å². The lowest BCUT2D eigenvalue weighted by Crippen LogP contribution is -2.09. The molecule has 0 aromatic carbocycles. The molecule has 1 saturated carbocycles. The molecule has 18 heavy (non-hydrogen) atoms. The molecule has 0 unspecified atom stereocenters. The lowest BCUT2D eigenvalue weighted by atomic mass is 10.0. The van der Waals surface area contributed by atoms with Crippen molar-refractivity contribution < 1.29 is 0 Å². The summed E-state index contributed by atoms with van der Waals surface area (Å²) >= 11 is 0. The largest absolute Gasteiger partial charge is 0.370 e. The molecular weight excluding hydrogens is 222 g/mol. The fraction of sp³-hybridized carbons (Fsp3) is 0.667. The normalized spacial score (nSPS) is 15.8. The molecule has 1 fully saturated rings. The molecule has 1 aromatic heterocycles. The highest BCUT2D eigenvalue weighted by molar-refractivity contribution is 5.44. The molecule has 0 atom stereocenters. The molecule has 0 aliphatic heterocycles. The predicted octanol–water partition coefficient (Wildman–Crippen LogP) is 3.90. The summed E-state index contributed by atoms with van der Waals surface area (Å²) in [5, 5.41) is 6.75. The van der Waals surface area contributed by atoms with Crippen LogP contribution < -0.4 is 10.6 Å². The predicted molar refractivity (Wildman–Crippen MR) is 78.1 cm³/mol. The summed E-state index contributed by atoms with van der Waals surface area (Å²) < 4.78 is 0. The number of anilines is 2. The van der Waals surface area contributed by atoms with Crippen molar-refractivity contribution in [2.24, 2.45) is 5.92 Å². The maximum Gasteiger partial charge on any atom is 0.128 e. The van der Waals surface area contributed by atoms with Crippen LogP contribution in [0.2, 0.25) is 0 Å². The molecule has 3 nitrogen and oxygen atoms in total. The van der Waals surface area contributed by atoms with Crippen molar-refractivity contribution >= 4 is 11.6 Å². The molecule has 3 heteroatoms. The molecular formula is C15H25N3. The van der Waals surface area contributed by atoms with Crippen molar-refractivity contribution in [2.75, 3.05) is 23.7 Å². The zero-order valence-electron chi connectivity index (χ0n) is 11.4. The van der Waals surface area contributed by atoms with E-state index in [-0.39, 0.29) is 0 Å². The maximum absolute atomic E-state index is 4.55. The average molecular weight is 247 g/mol. The van der Waals surface area contributed by atoms with Crippen molar-refractivity contribution in [3.8, 4) is 0 Å². The molecule has 100 valence electrons. The second kappa shape index (κ2) is 7.24. The van der Waals surface area contributed by atoms with Gasteiger partial charge in [0.15, 0.2) is 0 Å². The lowest BCUT2D eigenvalue weighted by Gasteiger charge is -2.11. The van der Waals surface area contributed by atoms with Crippen molar-refractivity contribution in [2.45, 2.75) is 45.4 Å². The van der Waals surface area contributed by atoms with E-state index in [0.29, 0.717) is 0 Å². The first-order valence-corrected chi connectivity index (χ1v) is 7.33. The van der Waals surface area contributed by atoms with Crippen LogP contribution in [0, 0.1) is 5.92 Å². The zero-order chi connectivity index (χ0) is 12.6. The average Bonchev–Trinajstić information content (AvgIpc) is 2.90. The Hall–Kier alpha value is -1.25. The van der Waals surface area contributed by atoms with E-state index in [9.17, 15) is 0 Å². The number of pyridine rings is 1. The van der Waals surface area contributed by atoms with E-state index >= 15 is 0 Å². The minimum absolute atomic E-state index is 0.943. The van der Waals surface area contributed by atoms with E-state index in [1.807, 2.05) is 12.1 Å². The van der Waals surface area contributed by atoms with Gasteiger partial charge in [0.2, 0.25) is 0 Å². The van der Waals surface area contributed by atoms with Crippen LogP contribution in [-0.4, -0.2) is 18.1 Å². The third-order valence-corrected chi connectivity index (χ3v) is 3.64. The second-order valence-electron chi connectivity index (χ2n) is 5.20. The molecule has 2 rings (SSSR count). The van der Waals surface area contributed by atoms with Crippen molar-refractivity contribution in [1.82, 2.24) is 4.98 Å². The zero-order valence-corrected chi connectivity index (χ0v) is 11.4. The smallest absolute Gasteiger partial charge is 0.128 e. The third kappa shape index (κ3) is 4.21. The Labute approximate surface area is 110 Å². The van der Waals surface area contributed by atoms with Gasteiger partial charge in [-0.25, -0.2) is 4.98 Å². The molecule has 2 N–H and O–H groups in total. The number of hydrogen-bond donors (Lipinski definition) is 2. The minimum Gasteiger partial charge on any atom is -0.370 e. The summed E-state index contributed by atoms with van der Waals surface area (Å²) in [6.07, 6.45) is 8.12. The molecule has 1 aliphatic rings. The molecule has 0 radical (unpaired) electrons. The molecule has 0 amide bonds. The number of aromatic nitrogens is 1. The van der Waals surface area contributed by atoms with Crippen LogP contribution in [0.25, 0.3) is 0 Å². The quantitative estimate of drug-likeness (QED) is 0.767. The van der Waals surface area contributed by atoms with E-state index in [1.165, 1.54) is 32.1 Å². The van der Waals surface area contributed by atoms with Gasteiger partial charge in [0.25, 0.3) is 0 Å². The van der Waals surface area contributed by atoms with E-state index in [2.05, 4.69) is 28.6 Å². The van der Waals surface area contributed by atoms with Crippen molar-refractivity contribution in [1.29, 1.82) is 0 Å². The summed E-state index contributed by atoms with van der Waals surface area (Å²) in [5.41, 5.74) is 0. The Morgan fingerprint density at radius 3 is 2.44 bits per heavy atom. The van der Waals surface area contributed by atoms with Crippen LogP contribution in [0.4, 0.5) is 11.6 Å².